The summed E-state index contributed by atoms with van der Waals surface area (Å²) in [4.78, 5) is 14.2. The Morgan fingerprint density at radius 1 is 1.80 bits per heavy atom. The molecule has 0 saturated carbocycles. The molecular weight excluding hydrogens is 229 g/mol. The summed E-state index contributed by atoms with van der Waals surface area (Å²) in [7, 11) is 0. The first-order valence-electron chi connectivity index (χ1n) is 2.65. The molecule has 0 radical (unpaired) electrons. The summed E-state index contributed by atoms with van der Waals surface area (Å²) in [5.41, 5.74) is 0. The van der Waals surface area contributed by atoms with Gasteiger partial charge in [0.15, 0.2) is 0 Å². The first kappa shape index (κ1) is 10.4. The molecule has 0 N–H and O–H groups in total. The predicted octanol–water partition coefficient (Wildman–Crippen LogP) is 0.650. The fraction of sp³-hybridized carbons (Fsp3) is 0.600. The maximum atomic E-state index is 10.3. The second-order valence-corrected chi connectivity index (χ2v) is 2.64. The molecule has 0 unspecified atom stereocenters. The van der Waals surface area contributed by atoms with E-state index in [2.05, 4.69) is 9.73 Å². The number of rotatable bonds is 0. The predicted molar refractivity (Wildman–Crippen MR) is 36.5 cm³/mol. The molecule has 1 aliphatic heterocycles. The molecular formula is C5H7NO2SZr. The van der Waals surface area contributed by atoms with Crippen molar-refractivity contribution in [2.45, 2.75) is 6.92 Å². The van der Waals surface area contributed by atoms with Gasteiger partial charge in [-0.1, -0.05) is 11.8 Å². The summed E-state index contributed by atoms with van der Waals surface area (Å²) in [6.07, 6.45) is 0. The molecule has 0 fully saturated rings. The topological polar surface area (TPSA) is 38.7 Å². The molecule has 3 nitrogen and oxygen atoms in total. The molecule has 54 valence electrons. The Morgan fingerprint density at radius 3 is 2.90 bits per heavy atom. The van der Waals surface area contributed by atoms with E-state index in [0.29, 0.717) is 5.23 Å². The van der Waals surface area contributed by atoms with Crippen LogP contribution in [0.15, 0.2) is 4.99 Å². The molecule has 0 aromatic carbocycles. The van der Waals surface area contributed by atoms with Crippen molar-refractivity contribution in [1.82, 2.24) is 0 Å². The van der Waals surface area contributed by atoms with Crippen molar-refractivity contribution in [2.75, 3.05) is 12.3 Å². The van der Waals surface area contributed by atoms with Gasteiger partial charge in [0.2, 0.25) is 0 Å². The maximum Gasteiger partial charge on any atom is 0.309 e. The van der Waals surface area contributed by atoms with Gasteiger partial charge >= 0.3 is 5.97 Å². The van der Waals surface area contributed by atoms with Crippen molar-refractivity contribution in [3.8, 4) is 0 Å². The van der Waals surface area contributed by atoms with E-state index < -0.39 is 0 Å². The van der Waals surface area contributed by atoms with Gasteiger partial charge in [-0.05, 0) is 0 Å². The van der Waals surface area contributed by atoms with E-state index in [0.717, 1.165) is 12.3 Å². The first-order valence-corrected chi connectivity index (χ1v) is 3.63. The molecule has 0 aliphatic carbocycles. The Morgan fingerprint density at radius 2 is 2.50 bits per heavy atom. The van der Waals surface area contributed by atoms with E-state index in [1.165, 1.54) is 18.7 Å². The number of hydrogen-bond donors (Lipinski definition) is 0. The van der Waals surface area contributed by atoms with Crippen LogP contribution in [0.3, 0.4) is 0 Å². The normalized spacial score (nSPS) is 15.5. The molecule has 5 heteroatoms. The molecule has 10 heavy (non-hydrogen) atoms. The van der Waals surface area contributed by atoms with Gasteiger partial charge in [-0.15, -0.1) is 0 Å². The van der Waals surface area contributed by atoms with E-state index in [-0.39, 0.29) is 32.2 Å². The third kappa shape index (κ3) is 3.52. The minimum absolute atomic E-state index is 0. The molecule has 0 spiro atoms. The molecule has 0 amide bonds. The Kier molecular flexibility index (Phi) is 5.27. The van der Waals surface area contributed by atoms with Crippen LogP contribution in [0.25, 0.3) is 0 Å². The van der Waals surface area contributed by atoms with Gasteiger partial charge in [0.1, 0.15) is 0 Å². The number of ether oxygens (including phenoxy) is 1. The molecule has 1 rings (SSSR count). The quantitative estimate of drug-likeness (QED) is 0.580. The van der Waals surface area contributed by atoms with Crippen LogP contribution in [0.1, 0.15) is 6.92 Å². The smallest absolute Gasteiger partial charge is 0.309 e. The van der Waals surface area contributed by atoms with Crippen LogP contribution in [0.5, 0.6) is 0 Å². The molecule has 0 saturated heterocycles. The van der Waals surface area contributed by atoms with Gasteiger partial charge in [0.25, 0.3) is 5.23 Å². The van der Waals surface area contributed by atoms with Crippen molar-refractivity contribution in [3.63, 3.8) is 0 Å². The molecule has 0 atom stereocenters. The number of aliphatic imine (C=N–C) groups is 1. The van der Waals surface area contributed by atoms with Crippen LogP contribution >= 0.6 is 11.8 Å². The summed E-state index contributed by atoms with van der Waals surface area (Å²) in [6, 6.07) is 0. The summed E-state index contributed by atoms with van der Waals surface area (Å²) in [5.74, 6) is 0.644. The number of carbonyl (C=O) groups is 1. The number of esters is 1. The van der Waals surface area contributed by atoms with Crippen molar-refractivity contribution >= 4 is 23.0 Å². The van der Waals surface area contributed by atoms with E-state index in [4.69, 9.17) is 0 Å². The molecule has 1 aliphatic rings. The second-order valence-electron chi connectivity index (χ2n) is 1.59. The van der Waals surface area contributed by atoms with Gasteiger partial charge in [-0.3, -0.25) is 4.79 Å². The molecule has 0 aromatic heterocycles. The first-order chi connectivity index (χ1) is 4.29. The van der Waals surface area contributed by atoms with Gasteiger partial charge in [0, 0.05) is 38.9 Å². The standard InChI is InChI=1S/C5H7NO2S.Zr/c1-4(7)8-5-6-2-3-9-5;/h2-3H2,1H3;. The summed E-state index contributed by atoms with van der Waals surface area (Å²) < 4.78 is 4.69. The fourth-order valence-corrected chi connectivity index (χ4v) is 1.22. The fourth-order valence-electron chi connectivity index (χ4n) is 0.500. The third-order valence-electron chi connectivity index (χ3n) is 0.789. The number of thioether (sulfide) groups is 1. The SMILES string of the molecule is CC(=O)OC1=NCCS1.[Zr]. The Balaban J connectivity index is 0.000000810. The molecule has 1 heterocycles. The van der Waals surface area contributed by atoms with Crippen molar-refractivity contribution in [1.29, 1.82) is 0 Å². The monoisotopic (exact) mass is 235 g/mol. The summed E-state index contributed by atoms with van der Waals surface area (Å²) >= 11 is 1.48. The molecule has 0 aromatic rings. The van der Waals surface area contributed by atoms with E-state index in [1.807, 2.05) is 0 Å². The van der Waals surface area contributed by atoms with Gasteiger partial charge < -0.3 is 4.74 Å². The zero-order valence-electron chi connectivity index (χ0n) is 5.59. The Hall–Kier alpha value is 0.373. The van der Waals surface area contributed by atoms with E-state index in [1.54, 1.807) is 0 Å². The Labute approximate surface area is 82.7 Å². The third-order valence-corrected chi connectivity index (χ3v) is 1.63. The number of nitrogens with zero attached hydrogens (tertiary/aromatic N) is 1. The van der Waals surface area contributed by atoms with Crippen molar-refractivity contribution in [3.05, 3.63) is 0 Å². The Bertz CT molecular complexity index is 160. The molecule has 0 bridgehead atoms. The van der Waals surface area contributed by atoms with Crippen molar-refractivity contribution < 1.29 is 35.7 Å². The van der Waals surface area contributed by atoms with Crippen LogP contribution in [0.2, 0.25) is 0 Å². The van der Waals surface area contributed by atoms with Gasteiger partial charge in [0.05, 0.1) is 6.54 Å². The van der Waals surface area contributed by atoms with Gasteiger partial charge in [-0.2, -0.15) is 0 Å². The van der Waals surface area contributed by atoms with Crippen LogP contribution in [0, 0.1) is 0 Å². The zero-order valence-corrected chi connectivity index (χ0v) is 8.86. The summed E-state index contributed by atoms with van der Waals surface area (Å²) in [6.45, 7) is 2.15. The van der Waals surface area contributed by atoms with Gasteiger partial charge in [-0.25, -0.2) is 4.99 Å². The summed E-state index contributed by atoms with van der Waals surface area (Å²) in [5, 5.41) is 0.516. The second kappa shape index (κ2) is 5.08. The largest absolute Gasteiger partial charge is 0.402 e. The average Bonchev–Trinajstić information content (AvgIpc) is 2.15. The minimum atomic E-state index is -0.289. The maximum absolute atomic E-state index is 10.3. The van der Waals surface area contributed by atoms with Crippen LogP contribution in [-0.4, -0.2) is 23.5 Å². The average molecular weight is 236 g/mol. The zero-order chi connectivity index (χ0) is 6.69. The number of carbonyl (C=O) groups excluding carboxylic acids is 1. The number of hydrogen-bond acceptors (Lipinski definition) is 4. The van der Waals surface area contributed by atoms with Crippen LogP contribution in [-0.2, 0) is 35.7 Å². The minimum Gasteiger partial charge on any atom is -0.402 e. The van der Waals surface area contributed by atoms with Crippen LogP contribution < -0.4 is 0 Å². The van der Waals surface area contributed by atoms with Crippen LogP contribution in [0.4, 0.5) is 0 Å². The van der Waals surface area contributed by atoms with Crippen molar-refractivity contribution in [2.24, 2.45) is 4.99 Å². The van der Waals surface area contributed by atoms with E-state index >= 15 is 0 Å². The van der Waals surface area contributed by atoms with E-state index in [9.17, 15) is 4.79 Å².